The monoisotopic (exact) mass is 858 g/mol. The molecule has 0 fully saturated rings. The number of nitrogens with zero attached hydrogens (tertiary/aromatic N) is 3. The molecule has 0 aromatic carbocycles. The van der Waals surface area contributed by atoms with E-state index in [-0.39, 0.29) is 108 Å². The number of hydrogen-bond acceptors (Lipinski definition) is 13. The molecule has 18 nitrogen and oxygen atoms in total. The Labute approximate surface area is 356 Å². The van der Waals surface area contributed by atoms with Gasteiger partial charge >= 0.3 is 5.97 Å². The number of azide groups is 1. The summed E-state index contributed by atoms with van der Waals surface area (Å²) in [5.41, 5.74) is 8.26. The van der Waals surface area contributed by atoms with Crippen LogP contribution in [-0.4, -0.2) is 139 Å². The molecule has 346 valence electrons. The molecule has 0 heterocycles. The number of carbonyl (C=O) groups is 6. The van der Waals surface area contributed by atoms with Gasteiger partial charge in [0.25, 0.3) is 0 Å². The Balaban J connectivity index is 3.63. The first-order valence-corrected chi connectivity index (χ1v) is 21.9. The molecule has 2 amide bonds. The van der Waals surface area contributed by atoms with E-state index in [9.17, 15) is 33.9 Å². The second-order valence-corrected chi connectivity index (χ2v) is 14.6. The van der Waals surface area contributed by atoms with E-state index in [1.54, 1.807) is 0 Å². The summed E-state index contributed by atoms with van der Waals surface area (Å²) in [5.74, 6) is -1.94. The fourth-order valence-electron chi connectivity index (χ4n) is 5.77. The smallest absolute Gasteiger partial charge is 0.326 e. The van der Waals surface area contributed by atoms with Crippen LogP contribution in [0, 0.1) is 0 Å². The number of ether oxygens (including phenoxy) is 6. The van der Waals surface area contributed by atoms with Crippen LogP contribution in [0.2, 0.25) is 0 Å². The minimum absolute atomic E-state index is 0.00663. The van der Waals surface area contributed by atoms with Crippen molar-refractivity contribution in [1.82, 2.24) is 10.6 Å². The molecule has 0 aromatic rings. The van der Waals surface area contributed by atoms with Crippen molar-refractivity contribution in [2.24, 2.45) is 5.11 Å². The maximum absolute atomic E-state index is 12.3. The van der Waals surface area contributed by atoms with Gasteiger partial charge in [0.05, 0.1) is 46.2 Å². The summed E-state index contributed by atoms with van der Waals surface area (Å²) in [4.78, 5) is 73.6. The predicted octanol–water partition coefficient (Wildman–Crippen LogP) is 5.61. The molecule has 0 saturated heterocycles. The van der Waals surface area contributed by atoms with Gasteiger partial charge in [-0.15, -0.1) is 0 Å². The third-order valence-corrected chi connectivity index (χ3v) is 9.05. The largest absolute Gasteiger partial charge is 0.480 e. The van der Waals surface area contributed by atoms with Gasteiger partial charge in [-0.1, -0.05) is 75.7 Å². The van der Waals surface area contributed by atoms with E-state index in [2.05, 4.69) is 20.7 Å². The number of aliphatic carboxylic acids is 1. The SMILES string of the molecule is CC(=O)COCCOCCCC(=O)COCCOCCNC(=O)COCCOCCCC(=O)CC[C@@H](NC(=O)CCCCCCCCCCCCCCCN=[N+]=[N-])C(=O)O. The van der Waals surface area contributed by atoms with Crippen LogP contribution in [0.3, 0.4) is 0 Å². The van der Waals surface area contributed by atoms with Gasteiger partial charge in [-0.3, -0.25) is 24.0 Å². The van der Waals surface area contributed by atoms with Gasteiger partial charge in [0.15, 0.2) is 11.6 Å². The average molecular weight is 858 g/mol. The number of carboxylic acid groups (broad SMARTS) is 1. The third-order valence-electron chi connectivity index (χ3n) is 9.05. The Morgan fingerprint density at radius 3 is 1.57 bits per heavy atom. The van der Waals surface area contributed by atoms with Crippen molar-refractivity contribution < 1.29 is 62.3 Å². The zero-order chi connectivity index (χ0) is 44.2. The lowest BCUT2D eigenvalue weighted by atomic mass is 10.0. The first-order valence-electron chi connectivity index (χ1n) is 21.9. The maximum Gasteiger partial charge on any atom is 0.326 e. The molecule has 0 radical (unpaired) electrons. The molecule has 0 aliphatic heterocycles. The van der Waals surface area contributed by atoms with Crippen molar-refractivity contribution in [1.29, 1.82) is 0 Å². The molecule has 0 spiro atoms. The van der Waals surface area contributed by atoms with Crippen LogP contribution in [0.15, 0.2) is 5.11 Å². The van der Waals surface area contributed by atoms with Crippen LogP contribution in [0.1, 0.15) is 135 Å². The molecular weight excluding hydrogens is 782 g/mol. The molecule has 0 rings (SSSR count). The highest BCUT2D eigenvalue weighted by Gasteiger charge is 2.20. The van der Waals surface area contributed by atoms with Gasteiger partial charge in [-0.05, 0) is 44.6 Å². The van der Waals surface area contributed by atoms with Gasteiger partial charge in [0.2, 0.25) is 11.8 Å². The normalized spacial score (nSPS) is 11.5. The second kappa shape index (κ2) is 43.6. The molecule has 0 saturated carbocycles. The van der Waals surface area contributed by atoms with Crippen molar-refractivity contribution in [2.75, 3.05) is 92.4 Å². The summed E-state index contributed by atoms with van der Waals surface area (Å²) in [6.07, 6.45) is 16.4. The van der Waals surface area contributed by atoms with Gasteiger partial charge in [0, 0.05) is 56.9 Å². The Hall–Kier alpha value is -3.51. The Kier molecular flexibility index (Phi) is 41.0. The van der Waals surface area contributed by atoms with Crippen LogP contribution in [-0.2, 0) is 57.2 Å². The quantitative estimate of drug-likeness (QED) is 0.0292. The minimum atomic E-state index is -1.15. The Morgan fingerprint density at radius 2 is 1.02 bits per heavy atom. The minimum Gasteiger partial charge on any atom is -0.480 e. The molecule has 0 aromatic heterocycles. The highest BCUT2D eigenvalue weighted by atomic mass is 16.5. The van der Waals surface area contributed by atoms with Crippen molar-refractivity contribution in [3.8, 4) is 0 Å². The van der Waals surface area contributed by atoms with E-state index in [0.717, 1.165) is 32.1 Å². The van der Waals surface area contributed by atoms with Crippen LogP contribution < -0.4 is 10.6 Å². The fourth-order valence-corrected chi connectivity index (χ4v) is 5.77. The van der Waals surface area contributed by atoms with Crippen molar-refractivity contribution in [2.45, 2.75) is 141 Å². The molecule has 0 bridgehead atoms. The van der Waals surface area contributed by atoms with E-state index in [4.69, 9.17) is 34.0 Å². The molecule has 60 heavy (non-hydrogen) atoms. The molecule has 1 atom stereocenters. The molecule has 0 unspecified atom stereocenters. The second-order valence-electron chi connectivity index (χ2n) is 14.6. The van der Waals surface area contributed by atoms with Crippen molar-refractivity contribution >= 4 is 35.1 Å². The molecule has 0 aliphatic carbocycles. The molecule has 18 heteroatoms. The van der Waals surface area contributed by atoms with Crippen LogP contribution in [0.5, 0.6) is 0 Å². The summed E-state index contributed by atoms with van der Waals surface area (Å²) in [7, 11) is 0. The summed E-state index contributed by atoms with van der Waals surface area (Å²) in [5, 5.41) is 18.3. The Morgan fingerprint density at radius 1 is 0.533 bits per heavy atom. The lowest BCUT2D eigenvalue weighted by molar-refractivity contribution is -0.142. The van der Waals surface area contributed by atoms with Crippen LogP contribution >= 0.6 is 0 Å². The van der Waals surface area contributed by atoms with Crippen molar-refractivity contribution in [3.63, 3.8) is 0 Å². The van der Waals surface area contributed by atoms with E-state index in [1.807, 2.05) is 0 Å². The standard InChI is InChI=1S/C42H75N5O13/c1-36(48)33-58-30-27-56-25-16-18-38(50)34-59-31-29-57-26-23-44-41(52)35-60-32-28-55-24-15-17-37(49)20-21-39(42(53)54)46-40(51)19-13-11-9-7-5-3-2-4-6-8-10-12-14-22-45-47-43/h39H,2-35H2,1H3,(H,44,52)(H,46,51)(H,53,54)/t39-/m1/s1. The number of nitrogens with one attached hydrogen (secondary N) is 2. The number of rotatable bonds is 47. The van der Waals surface area contributed by atoms with E-state index < -0.39 is 12.0 Å². The number of unbranched alkanes of at least 4 members (excludes halogenated alkanes) is 12. The predicted molar refractivity (Wildman–Crippen MR) is 225 cm³/mol. The number of carbonyl (C=O) groups excluding carboxylic acids is 5. The molecular formula is C42H75N5O13. The van der Waals surface area contributed by atoms with Gasteiger partial charge in [-0.2, -0.15) is 0 Å². The summed E-state index contributed by atoms with van der Waals surface area (Å²) in [6, 6.07) is -1.10. The zero-order valence-corrected chi connectivity index (χ0v) is 36.3. The number of amides is 2. The number of hydrogen-bond donors (Lipinski definition) is 3. The Bertz CT molecular complexity index is 1190. The van der Waals surface area contributed by atoms with Gasteiger partial charge < -0.3 is 44.2 Å². The highest BCUT2D eigenvalue weighted by molar-refractivity contribution is 5.84. The van der Waals surface area contributed by atoms with Gasteiger partial charge in [-0.25, -0.2) is 4.79 Å². The summed E-state index contributed by atoms with van der Waals surface area (Å²) >= 11 is 0. The van der Waals surface area contributed by atoms with E-state index in [0.29, 0.717) is 65.2 Å². The fraction of sp³-hybridized carbons (Fsp3) is 0.857. The highest BCUT2D eigenvalue weighted by Crippen LogP contribution is 2.13. The number of ketones is 3. The lowest BCUT2D eigenvalue weighted by Crippen LogP contribution is -2.41. The molecule has 0 aliphatic rings. The first kappa shape index (κ1) is 56.5. The lowest BCUT2D eigenvalue weighted by Gasteiger charge is -2.14. The molecule has 3 N–H and O–H groups in total. The first-order chi connectivity index (χ1) is 29.1. The van der Waals surface area contributed by atoms with E-state index >= 15 is 0 Å². The van der Waals surface area contributed by atoms with Crippen LogP contribution in [0.25, 0.3) is 10.4 Å². The summed E-state index contributed by atoms with van der Waals surface area (Å²) < 4.78 is 31.9. The van der Waals surface area contributed by atoms with Gasteiger partial charge in [0.1, 0.15) is 31.6 Å². The number of Topliss-reactive ketones (excluding diaryl/α,β-unsaturated/α-hetero) is 3. The number of carboxylic acids is 1. The van der Waals surface area contributed by atoms with E-state index in [1.165, 1.54) is 51.9 Å². The zero-order valence-electron chi connectivity index (χ0n) is 36.3. The van der Waals surface area contributed by atoms with Crippen LogP contribution in [0.4, 0.5) is 0 Å². The maximum atomic E-state index is 12.3. The summed E-state index contributed by atoms with van der Waals surface area (Å²) in [6.45, 7) is 4.95. The average Bonchev–Trinajstić information content (AvgIpc) is 3.21. The topological polar surface area (TPSA) is 251 Å². The third kappa shape index (κ3) is 42.6. The van der Waals surface area contributed by atoms with Crippen molar-refractivity contribution in [3.05, 3.63) is 10.4 Å².